The second kappa shape index (κ2) is 9.01. The molecule has 6 nitrogen and oxygen atoms in total. The van der Waals surface area contributed by atoms with Crippen molar-refractivity contribution in [3.63, 3.8) is 0 Å². The standard InChI is InChI=1S/C26H33FN4O2/c1-25(6-12-31(13-7-25)24-28-10-3-11-29-24)23(32)30-14-8-26(9-15-30)18-22(33-19-26)17-20-4-2-5-21(27)16-20/h2-5,10-11,16,22H,6-9,12-15,17-19H2,1H3/t22-/m0/s1. The van der Waals surface area contributed by atoms with Crippen LogP contribution in [0.2, 0.25) is 0 Å². The lowest BCUT2D eigenvalue weighted by molar-refractivity contribution is -0.145. The van der Waals surface area contributed by atoms with Gasteiger partial charge in [0.2, 0.25) is 11.9 Å². The molecule has 3 aliphatic rings. The van der Waals surface area contributed by atoms with Gasteiger partial charge in [-0.2, -0.15) is 0 Å². The van der Waals surface area contributed by atoms with E-state index < -0.39 is 0 Å². The van der Waals surface area contributed by atoms with Crippen LogP contribution in [-0.4, -0.2) is 59.7 Å². The molecule has 3 aliphatic heterocycles. The fourth-order valence-electron chi connectivity index (χ4n) is 5.74. The molecule has 3 saturated heterocycles. The first-order chi connectivity index (χ1) is 15.9. The Hall–Kier alpha value is -2.54. The lowest BCUT2D eigenvalue weighted by Crippen LogP contribution is -2.52. The zero-order valence-electron chi connectivity index (χ0n) is 19.4. The molecule has 3 fully saturated rings. The molecule has 4 heterocycles. The van der Waals surface area contributed by atoms with Crippen molar-refractivity contribution in [2.45, 2.75) is 51.6 Å². The fraction of sp³-hybridized carbons (Fsp3) is 0.577. The highest BCUT2D eigenvalue weighted by Crippen LogP contribution is 2.44. The molecule has 5 rings (SSSR count). The van der Waals surface area contributed by atoms with E-state index in [0.717, 1.165) is 82.8 Å². The number of hydrogen-bond donors (Lipinski definition) is 0. The molecule has 0 N–H and O–H groups in total. The maximum Gasteiger partial charge on any atom is 0.228 e. The van der Waals surface area contributed by atoms with E-state index in [9.17, 15) is 9.18 Å². The molecule has 7 heteroatoms. The number of carbonyl (C=O) groups is 1. The van der Waals surface area contributed by atoms with Crippen molar-refractivity contribution in [2.75, 3.05) is 37.7 Å². The molecule has 0 aliphatic carbocycles. The van der Waals surface area contributed by atoms with E-state index in [1.807, 2.05) is 12.1 Å². The van der Waals surface area contributed by atoms with Crippen LogP contribution in [0.5, 0.6) is 0 Å². The Kier molecular flexibility index (Phi) is 6.08. The van der Waals surface area contributed by atoms with Gasteiger partial charge in [-0.25, -0.2) is 14.4 Å². The molecule has 1 amide bonds. The third kappa shape index (κ3) is 4.74. The van der Waals surface area contributed by atoms with Crippen molar-refractivity contribution in [1.82, 2.24) is 14.9 Å². The molecule has 1 aromatic heterocycles. The highest BCUT2D eigenvalue weighted by Gasteiger charge is 2.46. The Morgan fingerprint density at radius 3 is 2.52 bits per heavy atom. The molecule has 2 aromatic rings. The zero-order valence-corrected chi connectivity index (χ0v) is 19.4. The molecule has 1 atom stereocenters. The molecule has 0 radical (unpaired) electrons. The Morgan fingerprint density at radius 2 is 1.82 bits per heavy atom. The van der Waals surface area contributed by atoms with Crippen molar-refractivity contribution in [3.8, 4) is 0 Å². The minimum absolute atomic E-state index is 0.135. The molecule has 1 aromatic carbocycles. The first kappa shape index (κ1) is 22.3. The number of benzene rings is 1. The minimum Gasteiger partial charge on any atom is -0.377 e. The van der Waals surface area contributed by atoms with Crippen LogP contribution in [0.1, 0.15) is 44.6 Å². The largest absolute Gasteiger partial charge is 0.377 e. The highest BCUT2D eigenvalue weighted by molar-refractivity contribution is 5.82. The van der Waals surface area contributed by atoms with Crippen LogP contribution in [0.25, 0.3) is 0 Å². The van der Waals surface area contributed by atoms with Gasteiger partial charge in [-0.05, 0) is 67.7 Å². The molecule has 1 spiro atoms. The van der Waals surface area contributed by atoms with Gasteiger partial charge in [-0.1, -0.05) is 19.1 Å². The van der Waals surface area contributed by atoms with E-state index in [2.05, 4.69) is 26.7 Å². The van der Waals surface area contributed by atoms with Crippen molar-refractivity contribution < 1.29 is 13.9 Å². The van der Waals surface area contributed by atoms with Crippen LogP contribution in [0, 0.1) is 16.6 Å². The maximum atomic E-state index is 13.5. The Balaban J connectivity index is 1.13. The van der Waals surface area contributed by atoms with Gasteiger partial charge < -0.3 is 14.5 Å². The van der Waals surface area contributed by atoms with Crippen LogP contribution in [0.3, 0.4) is 0 Å². The number of carbonyl (C=O) groups excluding carboxylic acids is 1. The minimum atomic E-state index is -0.318. The number of nitrogens with zero attached hydrogens (tertiary/aromatic N) is 4. The van der Waals surface area contributed by atoms with Gasteiger partial charge in [0.25, 0.3) is 0 Å². The first-order valence-corrected chi connectivity index (χ1v) is 12.1. The molecule has 33 heavy (non-hydrogen) atoms. The number of halogens is 1. The monoisotopic (exact) mass is 452 g/mol. The summed E-state index contributed by atoms with van der Waals surface area (Å²) in [6.07, 6.45) is 9.03. The average Bonchev–Trinajstić information content (AvgIpc) is 3.22. The number of aromatic nitrogens is 2. The second-order valence-electron chi connectivity index (χ2n) is 10.4. The number of likely N-dealkylation sites (tertiary alicyclic amines) is 1. The number of piperidine rings is 2. The van der Waals surface area contributed by atoms with Crippen molar-refractivity contribution >= 4 is 11.9 Å². The van der Waals surface area contributed by atoms with Gasteiger partial charge in [-0.3, -0.25) is 4.79 Å². The van der Waals surface area contributed by atoms with Crippen LogP contribution in [0.15, 0.2) is 42.7 Å². The summed E-state index contributed by atoms with van der Waals surface area (Å²) in [6, 6.07) is 8.63. The fourth-order valence-corrected chi connectivity index (χ4v) is 5.74. The number of anilines is 1. The van der Waals surface area contributed by atoms with Gasteiger partial charge in [0.1, 0.15) is 5.82 Å². The summed E-state index contributed by atoms with van der Waals surface area (Å²) < 4.78 is 19.6. The lowest BCUT2D eigenvalue weighted by Gasteiger charge is -2.44. The Bertz CT molecular complexity index is 969. The van der Waals surface area contributed by atoms with E-state index in [4.69, 9.17) is 4.74 Å². The molecule has 176 valence electrons. The Morgan fingerprint density at radius 1 is 1.09 bits per heavy atom. The van der Waals surface area contributed by atoms with Crippen LogP contribution in [-0.2, 0) is 16.0 Å². The lowest BCUT2D eigenvalue weighted by atomic mass is 9.74. The summed E-state index contributed by atoms with van der Waals surface area (Å²) >= 11 is 0. The SMILES string of the molecule is CC1(C(=O)N2CCC3(CC2)CO[C@@H](Cc2cccc(F)c2)C3)CCN(c2ncccn2)CC1. The predicted molar refractivity (Wildman–Crippen MR) is 124 cm³/mol. The van der Waals surface area contributed by atoms with Crippen LogP contribution >= 0.6 is 0 Å². The topological polar surface area (TPSA) is 58.6 Å². The van der Waals surface area contributed by atoms with Crippen molar-refractivity contribution in [1.29, 1.82) is 0 Å². The highest BCUT2D eigenvalue weighted by atomic mass is 19.1. The molecule has 0 bridgehead atoms. The van der Waals surface area contributed by atoms with Crippen LogP contribution in [0.4, 0.5) is 10.3 Å². The van der Waals surface area contributed by atoms with Gasteiger partial charge in [0.15, 0.2) is 0 Å². The van der Waals surface area contributed by atoms with Gasteiger partial charge >= 0.3 is 0 Å². The number of hydrogen-bond acceptors (Lipinski definition) is 5. The van der Waals surface area contributed by atoms with Crippen molar-refractivity contribution in [3.05, 3.63) is 54.1 Å². The van der Waals surface area contributed by atoms with Crippen LogP contribution < -0.4 is 4.90 Å². The average molecular weight is 453 g/mol. The van der Waals surface area contributed by atoms with E-state index in [1.54, 1.807) is 24.5 Å². The van der Waals surface area contributed by atoms with E-state index in [0.29, 0.717) is 5.91 Å². The normalized spacial score (nSPS) is 24.2. The number of rotatable bonds is 4. The quantitative estimate of drug-likeness (QED) is 0.705. The predicted octanol–water partition coefficient (Wildman–Crippen LogP) is 3.86. The van der Waals surface area contributed by atoms with Gasteiger partial charge in [0, 0.05) is 44.0 Å². The van der Waals surface area contributed by atoms with E-state index in [1.165, 1.54) is 6.07 Å². The third-order valence-electron chi connectivity index (χ3n) is 7.97. The first-order valence-electron chi connectivity index (χ1n) is 12.1. The maximum absolute atomic E-state index is 13.5. The molecule has 0 saturated carbocycles. The van der Waals surface area contributed by atoms with Gasteiger partial charge in [0.05, 0.1) is 12.7 Å². The molecular formula is C26H33FN4O2. The second-order valence-corrected chi connectivity index (χ2v) is 10.4. The van der Waals surface area contributed by atoms with Crippen molar-refractivity contribution in [2.24, 2.45) is 10.8 Å². The third-order valence-corrected chi connectivity index (χ3v) is 7.97. The smallest absolute Gasteiger partial charge is 0.228 e. The van der Waals surface area contributed by atoms with Gasteiger partial charge in [-0.15, -0.1) is 0 Å². The zero-order chi connectivity index (χ0) is 22.9. The summed E-state index contributed by atoms with van der Waals surface area (Å²) in [7, 11) is 0. The summed E-state index contributed by atoms with van der Waals surface area (Å²) in [4.78, 5) is 26.4. The summed E-state index contributed by atoms with van der Waals surface area (Å²) in [6.45, 7) is 6.08. The Labute approximate surface area is 195 Å². The molecular weight excluding hydrogens is 419 g/mol. The molecule has 0 unspecified atom stereocenters. The number of ether oxygens (including phenoxy) is 1. The van der Waals surface area contributed by atoms with E-state index in [-0.39, 0.29) is 22.8 Å². The summed E-state index contributed by atoms with van der Waals surface area (Å²) in [5.41, 5.74) is 0.829. The summed E-state index contributed by atoms with van der Waals surface area (Å²) in [5, 5.41) is 0. The number of amides is 1. The summed E-state index contributed by atoms with van der Waals surface area (Å²) in [5.74, 6) is 0.852. The van der Waals surface area contributed by atoms with E-state index >= 15 is 0 Å².